The fourth-order valence-corrected chi connectivity index (χ4v) is 4.89. The normalized spacial score (nSPS) is 11.9. The molecule has 1 aromatic carbocycles. The van der Waals surface area contributed by atoms with Crippen LogP contribution >= 0.6 is 38.6 Å². The van der Waals surface area contributed by atoms with Crippen LogP contribution in [0.3, 0.4) is 0 Å². The van der Waals surface area contributed by atoms with Gasteiger partial charge in [-0.15, -0.1) is 11.3 Å². The summed E-state index contributed by atoms with van der Waals surface area (Å²) >= 11 is 6.14. The van der Waals surface area contributed by atoms with Gasteiger partial charge in [0.2, 0.25) is 5.91 Å². The highest BCUT2D eigenvalue weighted by Crippen LogP contribution is 2.24. The van der Waals surface area contributed by atoms with Crippen LogP contribution in [0, 0.1) is 0 Å². The number of carbonyl (C=O) groups excluding carboxylic acids is 2. The molecule has 9 heteroatoms. The van der Waals surface area contributed by atoms with Crippen LogP contribution < -0.4 is 10.1 Å². The van der Waals surface area contributed by atoms with E-state index >= 15 is 0 Å². The summed E-state index contributed by atoms with van der Waals surface area (Å²) in [5.41, 5.74) is 1.67. The van der Waals surface area contributed by atoms with E-state index in [-0.39, 0.29) is 11.8 Å². The molecule has 0 unspecified atom stereocenters. The molecule has 3 aromatic rings. The average molecular weight is 468 g/mol. The van der Waals surface area contributed by atoms with Crippen molar-refractivity contribution in [3.05, 3.63) is 43.8 Å². The van der Waals surface area contributed by atoms with Crippen LogP contribution in [-0.4, -0.2) is 29.6 Å². The van der Waals surface area contributed by atoms with Crippen LogP contribution in [-0.2, 0) is 16.1 Å². The lowest BCUT2D eigenvalue weighted by Crippen LogP contribution is -2.19. The summed E-state index contributed by atoms with van der Waals surface area (Å²) in [6.07, 6.45) is 0. The van der Waals surface area contributed by atoms with E-state index in [1.807, 2.05) is 35.8 Å². The molecule has 0 radical (unpaired) electrons. The van der Waals surface area contributed by atoms with Gasteiger partial charge in [0.15, 0.2) is 4.80 Å². The van der Waals surface area contributed by atoms with E-state index in [0.29, 0.717) is 35.1 Å². The summed E-state index contributed by atoms with van der Waals surface area (Å²) in [6, 6.07) is 9.25. The van der Waals surface area contributed by atoms with E-state index in [1.165, 1.54) is 29.6 Å². The Labute approximate surface area is 172 Å². The first-order valence-electron chi connectivity index (χ1n) is 8.31. The molecule has 1 N–H and O–H groups in total. The van der Waals surface area contributed by atoms with Crippen molar-refractivity contribution in [1.29, 1.82) is 0 Å². The highest BCUT2D eigenvalue weighted by Gasteiger charge is 2.12. The molecule has 2 aromatic heterocycles. The van der Waals surface area contributed by atoms with Gasteiger partial charge in [-0.1, -0.05) is 11.3 Å². The average Bonchev–Trinajstić information content (AvgIpc) is 3.18. The van der Waals surface area contributed by atoms with Crippen molar-refractivity contribution < 1.29 is 14.3 Å². The first kappa shape index (κ1) is 19.9. The Kier molecular flexibility index (Phi) is 6.59. The maximum absolute atomic E-state index is 12.5. The van der Waals surface area contributed by atoms with Gasteiger partial charge >= 0.3 is 0 Å². The lowest BCUT2D eigenvalue weighted by molar-refractivity contribution is -0.114. The lowest BCUT2D eigenvalue weighted by atomic mass is 10.3. The number of nitrogens with zero attached hydrogens (tertiary/aromatic N) is 2. The number of ether oxygens (including phenoxy) is 1. The predicted molar refractivity (Wildman–Crippen MR) is 113 cm³/mol. The topological polar surface area (TPSA) is 72.7 Å². The van der Waals surface area contributed by atoms with E-state index in [0.717, 1.165) is 14.0 Å². The number of nitrogens with one attached hydrogen (secondary N) is 1. The second-order valence-electron chi connectivity index (χ2n) is 5.62. The first-order chi connectivity index (χ1) is 13.0. The maximum atomic E-state index is 12.5. The Hall–Kier alpha value is -1.81. The molecule has 142 valence electrons. The van der Waals surface area contributed by atoms with Crippen molar-refractivity contribution in [2.24, 2.45) is 4.99 Å². The van der Waals surface area contributed by atoms with Crippen LogP contribution in [0.15, 0.2) is 39.1 Å². The molecule has 0 aliphatic carbocycles. The zero-order valence-corrected chi connectivity index (χ0v) is 18.0. The van der Waals surface area contributed by atoms with Gasteiger partial charge in [-0.2, -0.15) is 4.99 Å². The molecule has 0 aliphatic rings. The van der Waals surface area contributed by atoms with E-state index in [1.54, 1.807) is 6.07 Å². The van der Waals surface area contributed by atoms with Crippen molar-refractivity contribution >= 4 is 66.3 Å². The third-order valence-corrected chi connectivity index (χ3v) is 6.30. The number of benzene rings is 1. The highest BCUT2D eigenvalue weighted by molar-refractivity contribution is 9.11. The molecule has 3 rings (SSSR count). The van der Waals surface area contributed by atoms with Crippen LogP contribution in [0.4, 0.5) is 5.69 Å². The molecule has 0 atom stereocenters. The van der Waals surface area contributed by atoms with Crippen LogP contribution in [0.25, 0.3) is 10.2 Å². The second-order valence-corrected chi connectivity index (χ2v) is 9.09. The SMILES string of the molecule is CCOCCn1c(=NC(=O)c2ccc(Br)s2)sc2cc(NC(C)=O)ccc21. The summed E-state index contributed by atoms with van der Waals surface area (Å²) in [5.74, 6) is -0.400. The monoisotopic (exact) mass is 467 g/mol. The summed E-state index contributed by atoms with van der Waals surface area (Å²) in [4.78, 5) is 29.4. The molecular formula is C18H18BrN3O3S2. The van der Waals surface area contributed by atoms with Gasteiger partial charge in [0.25, 0.3) is 5.91 Å². The Balaban J connectivity index is 2.05. The number of halogens is 1. The number of anilines is 1. The predicted octanol–water partition coefficient (Wildman–Crippen LogP) is 4.26. The van der Waals surface area contributed by atoms with E-state index in [4.69, 9.17) is 4.74 Å². The Morgan fingerprint density at radius 3 is 2.74 bits per heavy atom. The number of hydrogen-bond donors (Lipinski definition) is 1. The smallest absolute Gasteiger partial charge is 0.289 e. The Morgan fingerprint density at radius 1 is 1.26 bits per heavy atom. The summed E-state index contributed by atoms with van der Waals surface area (Å²) in [7, 11) is 0. The lowest BCUT2D eigenvalue weighted by Gasteiger charge is -2.06. The number of carbonyl (C=O) groups is 2. The maximum Gasteiger partial charge on any atom is 0.289 e. The van der Waals surface area contributed by atoms with Crippen molar-refractivity contribution in [3.8, 4) is 0 Å². The number of thiophene rings is 1. The number of fused-ring (bicyclic) bond motifs is 1. The van der Waals surface area contributed by atoms with Crippen molar-refractivity contribution in [3.63, 3.8) is 0 Å². The fraction of sp³-hybridized carbons (Fsp3) is 0.278. The van der Waals surface area contributed by atoms with E-state index in [2.05, 4.69) is 26.2 Å². The number of thiazole rings is 1. The van der Waals surface area contributed by atoms with E-state index in [9.17, 15) is 9.59 Å². The van der Waals surface area contributed by atoms with Gasteiger partial charge in [-0.25, -0.2) is 0 Å². The van der Waals surface area contributed by atoms with Crippen molar-refractivity contribution in [2.45, 2.75) is 20.4 Å². The third-order valence-electron chi connectivity index (χ3n) is 3.65. The number of amides is 2. The van der Waals surface area contributed by atoms with Crippen molar-refractivity contribution in [1.82, 2.24) is 4.57 Å². The van der Waals surface area contributed by atoms with Crippen molar-refractivity contribution in [2.75, 3.05) is 18.5 Å². The third kappa shape index (κ3) is 4.92. The highest BCUT2D eigenvalue weighted by atomic mass is 79.9. The van der Waals surface area contributed by atoms with E-state index < -0.39 is 0 Å². The van der Waals surface area contributed by atoms with Gasteiger partial charge in [-0.05, 0) is 53.2 Å². The molecule has 0 saturated heterocycles. The Bertz CT molecular complexity index is 1050. The molecule has 0 spiro atoms. The zero-order chi connectivity index (χ0) is 19.4. The second kappa shape index (κ2) is 8.92. The minimum atomic E-state index is -0.274. The summed E-state index contributed by atoms with van der Waals surface area (Å²) in [5, 5.41) is 2.78. The van der Waals surface area contributed by atoms with Gasteiger partial charge in [0.1, 0.15) is 0 Å². The van der Waals surface area contributed by atoms with Gasteiger partial charge < -0.3 is 14.6 Å². The molecule has 2 amide bonds. The molecule has 0 aliphatic heterocycles. The van der Waals surface area contributed by atoms with Crippen LogP contribution in [0.5, 0.6) is 0 Å². The molecule has 0 saturated carbocycles. The quantitative estimate of drug-likeness (QED) is 0.550. The van der Waals surface area contributed by atoms with Gasteiger partial charge in [0.05, 0.1) is 25.5 Å². The molecule has 2 heterocycles. The first-order valence-corrected chi connectivity index (χ1v) is 10.7. The minimum Gasteiger partial charge on any atom is -0.380 e. The minimum absolute atomic E-state index is 0.126. The van der Waals surface area contributed by atoms with Gasteiger partial charge in [-0.3, -0.25) is 9.59 Å². The summed E-state index contributed by atoms with van der Waals surface area (Å²) < 4.78 is 9.29. The molecule has 0 bridgehead atoms. The summed E-state index contributed by atoms with van der Waals surface area (Å²) in [6.45, 7) is 5.16. The fourth-order valence-electron chi connectivity index (χ4n) is 2.53. The van der Waals surface area contributed by atoms with Crippen LogP contribution in [0.2, 0.25) is 0 Å². The number of hydrogen-bond acceptors (Lipinski definition) is 5. The van der Waals surface area contributed by atoms with Crippen LogP contribution in [0.1, 0.15) is 23.5 Å². The number of aromatic nitrogens is 1. The van der Waals surface area contributed by atoms with Gasteiger partial charge in [0, 0.05) is 25.8 Å². The molecular weight excluding hydrogens is 450 g/mol. The molecule has 0 fully saturated rings. The number of rotatable bonds is 6. The molecule has 6 nitrogen and oxygen atoms in total. The zero-order valence-electron chi connectivity index (χ0n) is 14.8. The largest absolute Gasteiger partial charge is 0.380 e. The Morgan fingerprint density at radius 2 is 2.07 bits per heavy atom. The molecule has 27 heavy (non-hydrogen) atoms. The standard InChI is InChI=1S/C18H18BrN3O3S2/c1-3-25-9-8-22-13-5-4-12(20-11(2)23)10-15(13)27-18(22)21-17(24)14-6-7-16(19)26-14/h4-7,10H,3,8-9H2,1-2H3,(H,20,23).